The summed E-state index contributed by atoms with van der Waals surface area (Å²) in [5.41, 5.74) is 4.73. The molecule has 0 radical (unpaired) electrons. The second-order valence-electron chi connectivity index (χ2n) is 6.07. The number of benzene rings is 2. The molecule has 0 N–H and O–H groups in total. The van der Waals surface area contributed by atoms with Crippen molar-refractivity contribution >= 4 is 11.0 Å². The Bertz CT molecular complexity index is 1020. The van der Waals surface area contributed by atoms with Crippen molar-refractivity contribution in [2.75, 3.05) is 0 Å². The van der Waals surface area contributed by atoms with E-state index in [4.69, 9.17) is 4.52 Å². The average molecular weight is 319 g/mol. The van der Waals surface area contributed by atoms with Gasteiger partial charge in [0.25, 0.3) is 5.89 Å². The van der Waals surface area contributed by atoms with Crippen LogP contribution in [0.5, 0.6) is 0 Å². The summed E-state index contributed by atoms with van der Waals surface area (Å²) >= 11 is 0. The minimum Gasteiger partial charge on any atom is -0.334 e. The number of hydrogen-bond donors (Lipinski definition) is 0. The Morgan fingerprint density at radius 3 is 2.71 bits per heavy atom. The maximum absolute atomic E-state index is 5.44. The fourth-order valence-corrected chi connectivity index (χ4v) is 2.73. The third-order valence-electron chi connectivity index (χ3n) is 4.02. The molecule has 0 spiro atoms. The molecule has 4 rings (SSSR count). The van der Waals surface area contributed by atoms with E-state index in [-0.39, 0.29) is 6.04 Å². The van der Waals surface area contributed by atoms with E-state index in [0.29, 0.717) is 11.7 Å². The largest absolute Gasteiger partial charge is 0.334 e. The Labute approximate surface area is 139 Å². The van der Waals surface area contributed by atoms with Crippen LogP contribution in [0.4, 0.5) is 0 Å². The van der Waals surface area contributed by atoms with E-state index in [1.807, 2.05) is 54.1 Å². The molecule has 0 unspecified atom stereocenters. The number of rotatable bonds is 3. The van der Waals surface area contributed by atoms with Gasteiger partial charge in [-0.15, -0.1) is 5.10 Å². The quantitative estimate of drug-likeness (QED) is 0.570. The molecule has 0 saturated carbocycles. The predicted molar refractivity (Wildman–Crippen MR) is 91.4 cm³/mol. The van der Waals surface area contributed by atoms with Crippen molar-refractivity contribution < 1.29 is 4.52 Å². The number of aryl methyl sites for hydroxylation is 1. The Morgan fingerprint density at radius 2 is 1.92 bits per heavy atom. The lowest BCUT2D eigenvalue weighted by Gasteiger charge is -2.04. The summed E-state index contributed by atoms with van der Waals surface area (Å²) in [6, 6.07) is 14.1. The molecule has 0 aliphatic rings. The monoisotopic (exact) mass is 319 g/mol. The molecule has 0 fully saturated rings. The van der Waals surface area contributed by atoms with E-state index >= 15 is 0 Å². The Balaban J connectivity index is 1.75. The van der Waals surface area contributed by atoms with Gasteiger partial charge in [0.2, 0.25) is 5.82 Å². The first-order chi connectivity index (χ1) is 11.6. The molecule has 24 heavy (non-hydrogen) atoms. The van der Waals surface area contributed by atoms with Crippen molar-refractivity contribution in [2.45, 2.75) is 26.8 Å². The molecule has 2 heterocycles. The standard InChI is InChI=1S/C18H17N5O/c1-11(2)23-16-9-8-13(10-15(16)20-22-23)17-19-18(24-21-17)14-7-5-4-6-12(14)3/h4-11H,1-3H3. The van der Waals surface area contributed by atoms with Crippen molar-refractivity contribution in [2.24, 2.45) is 0 Å². The molecule has 120 valence electrons. The molecule has 2 aromatic carbocycles. The zero-order valence-electron chi connectivity index (χ0n) is 13.8. The van der Waals surface area contributed by atoms with Crippen LogP contribution in [-0.2, 0) is 0 Å². The normalized spacial score (nSPS) is 11.5. The Morgan fingerprint density at radius 1 is 1.08 bits per heavy atom. The second-order valence-corrected chi connectivity index (χ2v) is 6.07. The van der Waals surface area contributed by atoms with Crippen molar-refractivity contribution in [3.05, 3.63) is 48.0 Å². The summed E-state index contributed by atoms with van der Waals surface area (Å²) in [4.78, 5) is 4.53. The van der Waals surface area contributed by atoms with Gasteiger partial charge >= 0.3 is 0 Å². The van der Waals surface area contributed by atoms with Gasteiger partial charge in [-0.1, -0.05) is 28.6 Å². The lowest BCUT2D eigenvalue weighted by Crippen LogP contribution is -2.02. The molecule has 0 bridgehead atoms. The van der Waals surface area contributed by atoms with Crippen LogP contribution >= 0.6 is 0 Å². The molecule has 6 nitrogen and oxygen atoms in total. The molecule has 4 aromatic rings. The number of nitrogens with zero attached hydrogens (tertiary/aromatic N) is 5. The van der Waals surface area contributed by atoms with Gasteiger partial charge < -0.3 is 4.52 Å². The molecule has 0 aliphatic carbocycles. The first-order valence-electron chi connectivity index (χ1n) is 7.88. The molecule has 6 heteroatoms. The number of hydrogen-bond acceptors (Lipinski definition) is 5. The third kappa shape index (κ3) is 2.36. The van der Waals surface area contributed by atoms with Crippen molar-refractivity contribution in [1.82, 2.24) is 25.1 Å². The lowest BCUT2D eigenvalue weighted by atomic mass is 10.1. The van der Waals surface area contributed by atoms with Gasteiger partial charge in [-0.05, 0) is 50.6 Å². The first-order valence-corrected chi connectivity index (χ1v) is 7.88. The third-order valence-corrected chi connectivity index (χ3v) is 4.02. The fraction of sp³-hybridized carbons (Fsp3) is 0.222. The van der Waals surface area contributed by atoms with Crippen LogP contribution in [0.25, 0.3) is 33.9 Å². The minimum absolute atomic E-state index is 0.263. The highest BCUT2D eigenvalue weighted by Gasteiger charge is 2.14. The SMILES string of the molecule is Cc1ccccc1-c1nc(-c2ccc3c(c2)nnn3C(C)C)no1. The molecule has 0 aliphatic heterocycles. The first kappa shape index (κ1) is 14.6. The van der Waals surface area contributed by atoms with Gasteiger partial charge in [-0.3, -0.25) is 0 Å². The van der Waals surface area contributed by atoms with Gasteiger partial charge in [0.1, 0.15) is 5.52 Å². The van der Waals surface area contributed by atoms with Crippen LogP contribution in [0.15, 0.2) is 47.0 Å². The van der Waals surface area contributed by atoms with Gasteiger partial charge in [0, 0.05) is 17.2 Å². The lowest BCUT2D eigenvalue weighted by molar-refractivity contribution is 0.432. The van der Waals surface area contributed by atoms with E-state index in [1.165, 1.54) is 0 Å². The number of aromatic nitrogens is 5. The van der Waals surface area contributed by atoms with E-state index < -0.39 is 0 Å². The van der Waals surface area contributed by atoms with Crippen LogP contribution in [0.1, 0.15) is 25.5 Å². The summed E-state index contributed by atoms with van der Waals surface area (Å²) in [6.07, 6.45) is 0. The van der Waals surface area contributed by atoms with Gasteiger partial charge in [0.15, 0.2) is 0 Å². The zero-order valence-corrected chi connectivity index (χ0v) is 13.8. The van der Waals surface area contributed by atoms with Crippen molar-refractivity contribution in [3.8, 4) is 22.8 Å². The molecule has 2 aromatic heterocycles. The highest BCUT2D eigenvalue weighted by Crippen LogP contribution is 2.26. The second kappa shape index (κ2) is 5.56. The molecule has 0 atom stereocenters. The summed E-state index contributed by atoms with van der Waals surface area (Å²) in [5.74, 6) is 1.07. The van der Waals surface area contributed by atoms with E-state index in [0.717, 1.165) is 27.7 Å². The summed E-state index contributed by atoms with van der Waals surface area (Å²) < 4.78 is 7.34. The maximum atomic E-state index is 5.44. The fourth-order valence-electron chi connectivity index (χ4n) is 2.73. The van der Waals surface area contributed by atoms with Gasteiger partial charge in [0.05, 0.1) is 5.52 Å². The van der Waals surface area contributed by atoms with Crippen LogP contribution in [0.3, 0.4) is 0 Å². The van der Waals surface area contributed by atoms with Crippen LogP contribution in [0.2, 0.25) is 0 Å². The topological polar surface area (TPSA) is 69.6 Å². The summed E-state index contributed by atoms with van der Waals surface area (Å²) in [5, 5.41) is 12.5. The van der Waals surface area contributed by atoms with E-state index in [1.54, 1.807) is 0 Å². The minimum atomic E-state index is 0.263. The van der Waals surface area contributed by atoms with Crippen molar-refractivity contribution in [1.29, 1.82) is 0 Å². The smallest absolute Gasteiger partial charge is 0.258 e. The summed E-state index contributed by atoms with van der Waals surface area (Å²) in [7, 11) is 0. The maximum Gasteiger partial charge on any atom is 0.258 e. The average Bonchev–Trinajstić information content (AvgIpc) is 3.21. The van der Waals surface area contributed by atoms with Crippen LogP contribution in [-0.4, -0.2) is 25.1 Å². The Kier molecular flexibility index (Phi) is 3.37. The zero-order chi connectivity index (χ0) is 16.7. The predicted octanol–water partition coefficient (Wildman–Crippen LogP) is 4.04. The van der Waals surface area contributed by atoms with Gasteiger partial charge in [-0.2, -0.15) is 4.98 Å². The van der Waals surface area contributed by atoms with Crippen LogP contribution < -0.4 is 0 Å². The van der Waals surface area contributed by atoms with Crippen molar-refractivity contribution in [3.63, 3.8) is 0 Å². The van der Waals surface area contributed by atoms with E-state index in [2.05, 4.69) is 34.3 Å². The van der Waals surface area contributed by atoms with Gasteiger partial charge in [-0.25, -0.2) is 4.68 Å². The van der Waals surface area contributed by atoms with E-state index in [9.17, 15) is 0 Å². The molecular weight excluding hydrogens is 302 g/mol. The summed E-state index contributed by atoms with van der Waals surface area (Å²) in [6.45, 7) is 6.18. The Hall–Kier alpha value is -3.02. The molecule has 0 saturated heterocycles. The van der Waals surface area contributed by atoms with Crippen LogP contribution in [0, 0.1) is 6.92 Å². The molecular formula is C18H17N5O. The molecule has 0 amide bonds. The number of fused-ring (bicyclic) bond motifs is 1. The highest BCUT2D eigenvalue weighted by atomic mass is 16.5. The highest BCUT2D eigenvalue weighted by molar-refractivity contribution is 5.80.